The zero-order valence-corrected chi connectivity index (χ0v) is 9.77. The summed E-state index contributed by atoms with van der Waals surface area (Å²) in [6.45, 7) is 3.48. The standard InChI is InChI=1S/C10H14ClNOS/c1-2-12(7-4-6-11)10(13)9-5-3-8-14-9/h3,5,8H,2,4,6-7H2,1H3. The van der Waals surface area contributed by atoms with E-state index in [1.54, 1.807) is 0 Å². The predicted molar refractivity (Wildman–Crippen MR) is 61.2 cm³/mol. The van der Waals surface area contributed by atoms with Gasteiger partial charge in [-0.15, -0.1) is 22.9 Å². The summed E-state index contributed by atoms with van der Waals surface area (Å²) in [5.41, 5.74) is 0. The van der Waals surface area contributed by atoms with Crippen molar-refractivity contribution in [2.75, 3.05) is 19.0 Å². The molecule has 0 saturated carbocycles. The van der Waals surface area contributed by atoms with Crippen molar-refractivity contribution in [2.24, 2.45) is 0 Å². The van der Waals surface area contributed by atoms with Crippen LogP contribution in [0.2, 0.25) is 0 Å². The Morgan fingerprint density at radius 2 is 2.43 bits per heavy atom. The van der Waals surface area contributed by atoms with Crippen LogP contribution >= 0.6 is 22.9 Å². The lowest BCUT2D eigenvalue weighted by Gasteiger charge is -2.19. The molecule has 4 heteroatoms. The molecule has 0 N–H and O–H groups in total. The number of hydrogen-bond donors (Lipinski definition) is 0. The van der Waals surface area contributed by atoms with Gasteiger partial charge in [-0.3, -0.25) is 4.79 Å². The molecule has 14 heavy (non-hydrogen) atoms. The number of carbonyl (C=O) groups is 1. The van der Waals surface area contributed by atoms with Gasteiger partial charge in [0.15, 0.2) is 0 Å². The number of rotatable bonds is 5. The van der Waals surface area contributed by atoms with Crippen molar-refractivity contribution in [3.8, 4) is 0 Å². The summed E-state index contributed by atoms with van der Waals surface area (Å²) in [5, 5.41) is 1.92. The van der Waals surface area contributed by atoms with Crippen molar-refractivity contribution < 1.29 is 4.79 Å². The molecule has 0 atom stereocenters. The topological polar surface area (TPSA) is 20.3 Å². The van der Waals surface area contributed by atoms with Gasteiger partial charge in [-0.1, -0.05) is 6.07 Å². The van der Waals surface area contributed by atoms with E-state index in [4.69, 9.17) is 11.6 Å². The van der Waals surface area contributed by atoms with E-state index in [0.717, 1.165) is 24.4 Å². The Morgan fingerprint density at radius 3 is 2.93 bits per heavy atom. The zero-order valence-electron chi connectivity index (χ0n) is 8.20. The number of amides is 1. The zero-order chi connectivity index (χ0) is 10.4. The van der Waals surface area contributed by atoms with E-state index in [1.807, 2.05) is 29.3 Å². The van der Waals surface area contributed by atoms with Gasteiger partial charge in [0, 0.05) is 19.0 Å². The molecule has 0 saturated heterocycles. The molecule has 1 aromatic heterocycles. The maximum absolute atomic E-state index is 11.8. The summed E-state index contributed by atoms with van der Waals surface area (Å²) in [4.78, 5) is 14.5. The second-order valence-electron chi connectivity index (χ2n) is 2.90. The largest absolute Gasteiger partial charge is 0.338 e. The lowest BCUT2D eigenvalue weighted by atomic mass is 10.3. The first-order valence-electron chi connectivity index (χ1n) is 4.68. The van der Waals surface area contributed by atoms with Crippen LogP contribution in [-0.4, -0.2) is 29.8 Å². The van der Waals surface area contributed by atoms with Gasteiger partial charge in [0.05, 0.1) is 4.88 Å². The Balaban J connectivity index is 2.56. The summed E-state index contributed by atoms with van der Waals surface area (Å²) in [5.74, 6) is 0.724. The quantitative estimate of drug-likeness (QED) is 0.714. The molecule has 0 unspecified atom stereocenters. The number of hydrogen-bond acceptors (Lipinski definition) is 2. The summed E-state index contributed by atoms with van der Waals surface area (Å²) >= 11 is 7.08. The smallest absolute Gasteiger partial charge is 0.263 e. The monoisotopic (exact) mass is 231 g/mol. The molecule has 1 amide bonds. The van der Waals surface area contributed by atoms with Crippen molar-refractivity contribution in [1.82, 2.24) is 4.90 Å². The van der Waals surface area contributed by atoms with Crippen molar-refractivity contribution in [1.29, 1.82) is 0 Å². The van der Waals surface area contributed by atoms with Gasteiger partial charge in [0.1, 0.15) is 0 Å². The van der Waals surface area contributed by atoms with Crippen LogP contribution in [0.15, 0.2) is 17.5 Å². The first kappa shape index (κ1) is 11.5. The Kier molecular flexibility index (Phi) is 4.98. The van der Waals surface area contributed by atoms with E-state index in [1.165, 1.54) is 11.3 Å². The lowest BCUT2D eigenvalue weighted by molar-refractivity contribution is 0.0769. The van der Waals surface area contributed by atoms with E-state index >= 15 is 0 Å². The molecule has 0 fully saturated rings. The van der Waals surface area contributed by atoms with Crippen LogP contribution in [0.1, 0.15) is 23.0 Å². The van der Waals surface area contributed by atoms with Crippen molar-refractivity contribution >= 4 is 28.8 Å². The lowest BCUT2D eigenvalue weighted by Crippen LogP contribution is -2.31. The van der Waals surface area contributed by atoms with Crippen LogP contribution in [-0.2, 0) is 0 Å². The van der Waals surface area contributed by atoms with E-state index in [0.29, 0.717) is 5.88 Å². The van der Waals surface area contributed by atoms with Gasteiger partial charge >= 0.3 is 0 Å². The van der Waals surface area contributed by atoms with Crippen molar-refractivity contribution in [2.45, 2.75) is 13.3 Å². The Morgan fingerprint density at radius 1 is 1.64 bits per heavy atom. The molecule has 0 radical (unpaired) electrons. The summed E-state index contributed by atoms with van der Waals surface area (Å²) in [6, 6.07) is 3.75. The molecule has 0 spiro atoms. The van der Waals surface area contributed by atoms with E-state index in [9.17, 15) is 4.79 Å². The third kappa shape index (κ3) is 3.00. The fourth-order valence-corrected chi connectivity index (χ4v) is 2.02. The Labute approximate surface area is 93.5 Å². The molecule has 0 aliphatic rings. The third-order valence-electron chi connectivity index (χ3n) is 1.96. The van der Waals surface area contributed by atoms with Crippen LogP contribution in [0.5, 0.6) is 0 Å². The van der Waals surface area contributed by atoms with E-state index in [2.05, 4.69) is 0 Å². The minimum Gasteiger partial charge on any atom is -0.338 e. The molecule has 1 aromatic rings. The first-order valence-corrected chi connectivity index (χ1v) is 6.09. The van der Waals surface area contributed by atoms with Gasteiger partial charge < -0.3 is 4.90 Å². The fourth-order valence-electron chi connectivity index (χ4n) is 1.21. The van der Waals surface area contributed by atoms with Gasteiger partial charge in [-0.2, -0.15) is 0 Å². The maximum Gasteiger partial charge on any atom is 0.263 e. The van der Waals surface area contributed by atoms with Crippen LogP contribution < -0.4 is 0 Å². The fraction of sp³-hybridized carbons (Fsp3) is 0.500. The molecule has 2 nitrogen and oxygen atoms in total. The van der Waals surface area contributed by atoms with Crippen LogP contribution in [0.3, 0.4) is 0 Å². The minimum atomic E-state index is 0.118. The van der Waals surface area contributed by atoms with Gasteiger partial charge in [-0.05, 0) is 24.8 Å². The minimum absolute atomic E-state index is 0.118. The highest BCUT2D eigenvalue weighted by Crippen LogP contribution is 2.12. The third-order valence-corrected chi connectivity index (χ3v) is 3.09. The second-order valence-corrected chi connectivity index (χ2v) is 4.23. The number of nitrogens with zero attached hydrogens (tertiary/aromatic N) is 1. The molecule has 78 valence electrons. The highest BCUT2D eigenvalue weighted by Gasteiger charge is 2.13. The average Bonchev–Trinajstić information content (AvgIpc) is 2.71. The molecular formula is C10H14ClNOS. The molecule has 0 bridgehead atoms. The van der Waals surface area contributed by atoms with Crippen LogP contribution in [0, 0.1) is 0 Å². The number of alkyl halides is 1. The number of thiophene rings is 1. The van der Waals surface area contributed by atoms with Crippen molar-refractivity contribution in [3.63, 3.8) is 0 Å². The molecular weight excluding hydrogens is 218 g/mol. The van der Waals surface area contributed by atoms with E-state index < -0.39 is 0 Å². The van der Waals surface area contributed by atoms with Crippen LogP contribution in [0.25, 0.3) is 0 Å². The Hall–Kier alpha value is -0.540. The van der Waals surface area contributed by atoms with Crippen molar-refractivity contribution in [3.05, 3.63) is 22.4 Å². The number of carbonyl (C=O) groups excluding carboxylic acids is 1. The van der Waals surface area contributed by atoms with Gasteiger partial charge in [0.25, 0.3) is 5.91 Å². The van der Waals surface area contributed by atoms with Crippen LogP contribution in [0.4, 0.5) is 0 Å². The Bertz CT molecular complexity index is 274. The second kappa shape index (κ2) is 6.04. The molecule has 0 aliphatic heterocycles. The summed E-state index contributed by atoms with van der Waals surface area (Å²) in [7, 11) is 0. The summed E-state index contributed by atoms with van der Waals surface area (Å²) in [6.07, 6.45) is 0.854. The highest BCUT2D eigenvalue weighted by atomic mass is 35.5. The maximum atomic E-state index is 11.8. The van der Waals surface area contributed by atoms with E-state index in [-0.39, 0.29) is 5.91 Å². The summed E-state index contributed by atoms with van der Waals surface area (Å²) < 4.78 is 0. The number of halogens is 1. The van der Waals surface area contributed by atoms with Gasteiger partial charge in [-0.25, -0.2) is 0 Å². The molecule has 1 heterocycles. The SMILES string of the molecule is CCN(CCCCl)C(=O)c1cccs1. The highest BCUT2D eigenvalue weighted by molar-refractivity contribution is 7.12. The molecule has 0 aromatic carbocycles. The molecule has 0 aliphatic carbocycles. The average molecular weight is 232 g/mol. The first-order chi connectivity index (χ1) is 6.79. The normalized spacial score (nSPS) is 10.1. The van der Waals surface area contributed by atoms with Gasteiger partial charge in [0.2, 0.25) is 0 Å². The molecule has 1 rings (SSSR count). The predicted octanol–water partition coefficient (Wildman–Crippen LogP) is 2.84.